The Bertz CT molecular complexity index is 736. The van der Waals surface area contributed by atoms with Crippen LogP contribution in [-0.2, 0) is 16.0 Å². The summed E-state index contributed by atoms with van der Waals surface area (Å²) in [5, 5.41) is 2.69. The summed E-state index contributed by atoms with van der Waals surface area (Å²) >= 11 is 0. The lowest BCUT2D eigenvalue weighted by molar-refractivity contribution is -0.120. The second-order valence-corrected chi connectivity index (χ2v) is 7.26. The van der Waals surface area contributed by atoms with Crippen molar-refractivity contribution >= 4 is 5.91 Å². The van der Waals surface area contributed by atoms with E-state index >= 15 is 0 Å². The number of benzene rings is 1. The Morgan fingerprint density at radius 2 is 2.20 bits per heavy atom. The van der Waals surface area contributed by atoms with Crippen LogP contribution in [0.5, 0.6) is 0 Å². The minimum absolute atomic E-state index is 0.0619. The second-order valence-electron chi connectivity index (χ2n) is 7.26. The average molecular weight is 341 g/mol. The highest BCUT2D eigenvalue weighted by Crippen LogP contribution is 2.36. The van der Waals surface area contributed by atoms with Crippen molar-refractivity contribution in [3.63, 3.8) is 0 Å². The van der Waals surface area contributed by atoms with Gasteiger partial charge < -0.3 is 14.6 Å². The van der Waals surface area contributed by atoms with E-state index in [1.807, 2.05) is 24.5 Å². The molecule has 1 saturated heterocycles. The molecule has 25 heavy (non-hydrogen) atoms. The first kappa shape index (κ1) is 17.7. The van der Waals surface area contributed by atoms with Crippen LogP contribution >= 0.6 is 0 Å². The third-order valence-electron chi connectivity index (χ3n) is 4.88. The molecule has 1 fully saturated rings. The predicted octanol–water partition coefficient (Wildman–Crippen LogP) is 3.22. The van der Waals surface area contributed by atoms with Crippen molar-refractivity contribution in [3.8, 4) is 5.69 Å². The van der Waals surface area contributed by atoms with Gasteiger partial charge in [-0.3, -0.25) is 4.79 Å². The topological polar surface area (TPSA) is 56.2 Å². The SMILES string of the molecule is CNC(=O)CCc1ccccc1-n1ccnc1[C@H]1CCOC(C)(C)C1. The highest BCUT2D eigenvalue weighted by atomic mass is 16.5. The number of aromatic nitrogens is 2. The third-order valence-corrected chi connectivity index (χ3v) is 4.88. The highest BCUT2D eigenvalue weighted by molar-refractivity contribution is 5.75. The quantitative estimate of drug-likeness (QED) is 0.908. The maximum Gasteiger partial charge on any atom is 0.220 e. The zero-order chi connectivity index (χ0) is 17.9. The normalized spacial score (nSPS) is 19.6. The number of aryl methyl sites for hydroxylation is 1. The van der Waals surface area contributed by atoms with Gasteiger partial charge in [0.15, 0.2) is 0 Å². The lowest BCUT2D eigenvalue weighted by atomic mass is 9.87. The fourth-order valence-electron chi connectivity index (χ4n) is 3.60. The van der Waals surface area contributed by atoms with Gasteiger partial charge in [0.05, 0.1) is 5.60 Å². The van der Waals surface area contributed by atoms with E-state index in [9.17, 15) is 4.79 Å². The Balaban J connectivity index is 1.88. The lowest BCUT2D eigenvalue weighted by Gasteiger charge is -2.35. The minimum Gasteiger partial charge on any atom is -0.376 e. The fourth-order valence-corrected chi connectivity index (χ4v) is 3.60. The van der Waals surface area contributed by atoms with E-state index in [4.69, 9.17) is 4.74 Å². The van der Waals surface area contributed by atoms with Crippen molar-refractivity contribution < 1.29 is 9.53 Å². The monoisotopic (exact) mass is 341 g/mol. The number of carbonyl (C=O) groups excluding carboxylic acids is 1. The Labute approximate surface area is 149 Å². The number of nitrogens with zero attached hydrogens (tertiary/aromatic N) is 2. The average Bonchev–Trinajstić information content (AvgIpc) is 3.08. The van der Waals surface area contributed by atoms with Crippen molar-refractivity contribution in [3.05, 3.63) is 48.0 Å². The molecule has 3 rings (SSSR count). The molecule has 1 N–H and O–H groups in total. The molecule has 0 unspecified atom stereocenters. The molecule has 0 spiro atoms. The van der Waals surface area contributed by atoms with Crippen LogP contribution in [0.3, 0.4) is 0 Å². The number of carbonyl (C=O) groups is 1. The number of hydrogen-bond acceptors (Lipinski definition) is 3. The zero-order valence-corrected chi connectivity index (χ0v) is 15.3. The maximum atomic E-state index is 11.6. The third kappa shape index (κ3) is 4.10. The van der Waals surface area contributed by atoms with Gasteiger partial charge in [-0.2, -0.15) is 0 Å². The Hall–Kier alpha value is -2.14. The predicted molar refractivity (Wildman–Crippen MR) is 98.0 cm³/mol. The molecule has 1 aliphatic rings. The molecule has 0 saturated carbocycles. The molecule has 1 amide bonds. The number of nitrogens with one attached hydrogen (secondary N) is 1. The summed E-state index contributed by atoms with van der Waals surface area (Å²) in [6.07, 6.45) is 7.05. The summed E-state index contributed by atoms with van der Waals surface area (Å²) in [6, 6.07) is 8.26. The van der Waals surface area contributed by atoms with E-state index in [-0.39, 0.29) is 11.5 Å². The Morgan fingerprint density at radius 3 is 2.96 bits per heavy atom. The smallest absolute Gasteiger partial charge is 0.220 e. The summed E-state index contributed by atoms with van der Waals surface area (Å²) in [7, 11) is 1.68. The minimum atomic E-state index is -0.113. The molecule has 1 aromatic carbocycles. The fraction of sp³-hybridized carbons (Fsp3) is 0.500. The molecule has 2 heterocycles. The van der Waals surface area contributed by atoms with Crippen molar-refractivity contribution in [1.29, 1.82) is 0 Å². The molecule has 2 aromatic rings. The molecule has 0 radical (unpaired) electrons. The first-order valence-electron chi connectivity index (χ1n) is 8.96. The molecule has 0 aliphatic carbocycles. The lowest BCUT2D eigenvalue weighted by Crippen LogP contribution is -2.33. The van der Waals surface area contributed by atoms with Crippen LogP contribution in [0.2, 0.25) is 0 Å². The van der Waals surface area contributed by atoms with E-state index in [1.54, 1.807) is 7.05 Å². The van der Waals surface area contributed by atoms with Gasteiger partial charge in [-0.25, -0.2) is 4.98 Å². The van der Waals surface area contributed by atoms with Crippen LogP contribution in [0.25, 0.3) is 5.69 Å². The van der Waals surface area contributed by atoms with Gasteiger partial charge in [0.1, 0.15) is 5.82 Å². The Kier molecular flexibility index (Phi) is 5.23. The van der Waals surface area contributed by atoms with Crippen LogP contribution < -0.4 is 5.32 Å². The number of imidazole rings is 1. The van der Waals surface area contributed by atoms with E-state index in [2.05, 4.69) is 40.8 Å². The summed E-state index contributed by atoms with van der Waals surface area (Å²) in [4.78, 5) is 16.3. The molecule has 1 aromatic heterocycles. The molecule has 0 bridgehead atoms. The summed E-state index contributed by atoms with van der Waals surface area (Å²) in [5.41, 5.74) is 2.16. The van der Waals surface area contributed by atoms with Gasteiger partial charge in [0.2, 0.25) is 5.91 Å². The summed E-state index contributed by atoms with van der Waals surface area (Å²) in [6.45, 7) is 5.05. The van der Waals surface area contributed by atoms with E-state index in [0.29, 0.717) is 18.8 Å². The number of ether oxygens (including phenoxy) is 1. The molecular weight excluding hydrogens is 314 g/mol. The number of para-hydroxylation sites is 1. The van der Waals surface area contributed by atoms with Gasteiger partial charge in [-0.15, -0.1) is 0 Å². The zero-order valence-electron chi connectivity index (χ0n) is 15.3. The molecule has 1 atom stereocenters. The Morgan fingerprint density at radius 1 is 1.40 bits per heavy atom. The number of rotatable bonds is 5. The molecular formula is C20H27N3O2. The van der Waals surface area contributed by atoms with Crippen LogP contribution in [-0.4, -0.2) is 34.7 Å². The largest absolute Gasteiger partial charge is 0.376 e. The van der Waals surface area contributed by atoms with E-state index in [1.165, 1.54) is 0 Å². The van der Waals surface area contributed by atoms with Gasteiger partial charge in [-0.1, -0.05) is 18.2 Å². The van der Waals surface area contributed by atoms with Gasteiger partial charge >= 0.3 is 0 Å². The van der Waals surface area contributed by atoms with E-state index in [0.717, 1.165) is 36.5 Å². The first-order valence-corrected chi connectivity index (χ1v) is 8.96. The number of amides is 1. The van der Waals surface area contributed by atoms with Crippen molar-refractivity contribution in [2.24, 2.45) is 0 Å². The molecule has 1 aliphatic heterocycles. The van der Waals surface area contributed by atoms with Crippen LogP contribution in [0.4, 0.5) is 0 Å². The summed E-state index contributed by atoms with van der Waals surface area (Å²) in [5.74, 6) is 1.53. The second kappa shape index (κ2) is 7.40. The molecule has 5 nitrogen and oxygen atoms in total. The van der Waals surface area contributed by atoms with Gasteiger partial charge in [0, 0.05) is 44.1 Å². The van der Waals surface area contributed by atoms with Gasteiger partial charge in [0.25, 0.3) is 0 Å². The standard InChI is InChI=1S/C20H27N3O2/c1-20(2)14-16(10-13-25-20)19-22-11-12-23(19)17-7-5-4-6-15(17)8-9-18(24)21-3/h4-7,11-12,16H,8-10,13-14H2,1-3H3,(H,21,24)/t16-/m0/s1. The van der Waals surface area contributed by atoms with Crippen molar-refractivity contribution in [1.82, 2.24) is 14.9 Å². The van der Waals surface area contributed by atoms with Crippen LogP contribution in [0.15, 0.2) is 36.7 Å². The van der Waals surface area contributed by atoms with E-state index < -0.39 is 0 Å². The highest BCUT2D eigenvalue weighted by Gasteiger charge is 2.32. The number of hydrogen-bond donors (Lipinski definition) is 1. The first-order chi connectivity index (χ1) is 12.0. The van der Waals surface area contributed by atoms with Crippen LogP contribution in [0.1, 0.15) is 50.4 Å². The molecule has 134 valence electrons. The van der Waals surface area contributed by atoms with Gasteiger partial charge in [-0.05, 0) is 44.7 Å². The maximum absolute atomic E-state index is 11.6. The summed E-state index contributed by atoms with van der Waals surface area (Å²) < 4.78 is 8.04. The van der Waals surface area contributed by atoms with Crippen molar-refractivity contribution in [2.45, 2.75) is 51.0 Å². The van der Waals surface area contributed by atoms with Crippen molar-refractivity contribution in [2.75, 3.05) is 13.7 Å². The van der Waals surface area contributed by atoms with Crippen LogP contribution in [0, 0.1) is 0 Å². The molecule has 5 heteroatoms.